The van der Waals surface area contributed by atoms with Crippen LogP contribution in [0.2, 0.25) is 0 Å². The summed E-state index contributed by atoms with van der Waals surface area (Å²) in [6.07, 6.45) is 5.96. The van der Waals surface area contributed by atoms with Gasteiger partial charge >= 0.3 is 0 Å². The first-order valence-corrected chi connectivity index (χ1v) is 5.56. The predicted octanol–water partition coefficient (Wildman–Crippen LogP) is 3.22. The van der Waals surface area contributed by atoms with E-state index >= 15 is 0 Å². The molecule has 0 aliphatic carbocycles. The van der Waals surface area contributed by atoms with Gasteiger partial charge in [0, 0.05) is 0 Å². The van der Waals surface area contributed by atoms with E-state index in [4.69, 9.17) is 0 Å². The van der Waals surface area contributed by atoms with E-state index in [1.54, 1.807) is 18.2 Å². The smallest absolute Gasteiger partial charge is 0.211 e. The topological polar surface area (TPSA) is 58.9 Å². The zero-order chi connectivity index (χ0) is 12.5. The molecule has 0 spiro atoms. The van der Waals surface area contributed by atoms with Gasteiger partial charge in [-0.2, -0.15) is 9.98 Å². The summed E-state index contributed by atoms with van der Waals surface area (Å²) in [6, 6.07) is 6.90. The van der Waals surface area contributed by atoms with Crippen LogP contribution in [0, 0.1) is 0 Å². The highest BCUT2D eigenvalue weighted by Gasteiger charge is 2.09. The molecule has 88 valence electrons. The predicted molar refractivity (Wildman–Crippen MR) is 64.6 cm³/mol. The Morgan fingerprint density at radius 3 is 2.41 bits per heavy atom. The van der Waals surface area contributed by atoms with Crippen LogP contribution in [0.3, 0.4) is 0 Å². The molecule has 0 aliphatic heterocycles. The molecule has 0 saturated carbocycles. The molecule has 17 heavy (non-hydrogen) atoms. The van der Waals surface area contributed by atoms with Crippen molar-refractivity contribution < 1.29 is 9.59 Å². The third-order valence-electron chi connectivity index (χ3n) is 2.49. The number of aliphatic imine (C=N–C) groups is 2. The van der Waals surface area contributed by atoms with Crippen LogP contribution in [0.5, 0.6) is 0 Å². The molecular weight excluding hydrogens is 216 g/mol. The van der Waals surface area contributed by atoms with E-state index in [0.29, 0.717) is 5.69 Å². The van der Waals surface area contributed by atoms with E-state index in [1.807, 2.05) is 12.1 Å². The standard InChI is InChI=1S/C13H14N2O2/c1-2-3-4-13(15-10-17)11-5-7-12(8-6-11)14-9-16/h5-8,13H,2-4H2,1H3. The van der Waals surface area contributed by atoms with Gasteiger partial charge in [0.05, 0.1) is 11.7 Å². The average molecular weight is 230 g/mol. The minimum atomic E-state index is -0.151. The van der Waals surface area contributed by atoms with Crippen molar-refractivity contribution in [3.05, 3.63) is 29.8 Å². The maximum absolute atomic E-state index is 10.4. The van der Waals surface area contributed by atoms with Gasteiger partial charge in [0.25, 0.3) is 0 Å². The molecular formula is C13H14N2O2. The van der Waals surface area contributed by atoms with Gasteiger partial charge in [-0.25, -0.2) is 9.59 Å². The van der Waals surface area contributed by atoms with E-state index in [1.165, 1.54) is 6.08 Å². The Bertz CT molecular complexity index is 441. The van der Waals surface area contributed by atoms with Gasteiger partial charge < -0.3 is 0 Å². The van der Waals surface area contributed by atoms with E-state index < -0.39 is 0 Å². The third kappa shape index (κ3) is 4.15. The molecule has 1 rings (SSSR count). The minimum Gasteiger partial charge on any atom is -0.211 e. The van der Waals surface area contributed by atoms with Gasteiger partial charge in [-0.05, 0) is 24.1 Å². The van der Waals surface area contributed by atoms with Crippen LogP contribution in [0.1, 0.15) is 37.8 Å². The van der Waals surface area contributed by atoms with Crippen LogP contribution in [0.25, 0.3) is 0 Å². The molecule has 0 amide bonds. The quantitative estimate of drug-likeness (QED) is 0.556. The van der Waals surface area contributed by atoms with Crippen LogP contribution in [-0.2, 0) is 9.59 Å². The summed E-state index contributed by atoms with van der Waals surface area (Å²) in [4.78, 5) is 27.7. The molecule has 1 unspecified atom stereocenters. The lowest BCUT2D eigenvalue weighted by atomic mass is 10.0. The van der Waals surface area contributed by atoms with Crippen molar-refractivity contribution in [2.75, 3.05) is 0 Å². The first kappa shape index (κ1) is 13.0. The second kappa shape index (κ2) is 7.29. The van der Waals surface area contributed by atoms with Crippen molar-refractivity contribution in [1.29, 1.82) is 0 Å². The molecule has 0 heterocycles. The van der Waals surface area contributed by atoms with Crippen molar-refractivity contribution in [2.45, 2.75) is 32.2 Å². The number of carbonyl (C=O) groups excluding carboxylic acids is 2. The highest BCUT2D eigenvalue weighted by molar-refractivity contribution is 5.49. The summed E-state index contributed by atoms with van der Waals surface area (Å²) in [6.45, 7) is 2.09. The van der Waals surface area contributed by atoms with E-state index in [9.17, 15) is 9.59 Å². The molecule has 0 aliphatic rings. The first-order valence-electron chi connectivity index (χ1n) is 5.56. The Labute approximate surface area is 100 Å². The Morgan fingerprint density at radius 2 is 1.88 bits per heavy atom. The van der Waals surface area contributed by atoms with Crippen LogP contribution >= 0.6 is 0 Å². The second-order valence-electron chi connectivity index (χ2n) is 3.67. The zero-order valence-electron chi connectivity index (χ0n) is 9.72. The lowest BCUT2D eigenvalue weighted by Crippen LogP contribution is -1.95. The van der Waals surface area contributed by atoms with Crippen molar-refractivity contribution in [1.82, 2.24) is 0 Å². The lowest BCUT2D eigenvalue weighted by Gasteiger charge is -2.10. The third-order valence-corrected chi connectivity index (χ3v) is 2.49. The Kier molecular flexibility index (Phi) is 5.59. The molecule has 0 aromatic heterocycles. The fourth-order valence-corrected chi connectivity index (χ4v) is 1.59. The van der Waals surface area contributed by atoms with Crippen molar-refractivity contribution >= 4 is 17.8 Å². The summed E-state index contributed by atoms with van der Waals surface area (Å²) in [5.41, 5.74) is 1.49. The number of hydrogen-bond acceptors (Lipinski definition) is 4. The Balaban J connectivity index is 2.86. The van der Waals surface area contributed by atoms with Crippen LogP contribution in [0.15, 0.2) is 34.3 Å². The minimum absolute atomic E-state index is 0.151. The molecule has 4 heteroatoms. The zero-order valence-corrected chi connectivity index (χ0v) is 9.72. The normalized spacial score (nSPS) is 11.1. The molecule has 0 bridgehead atoms. The van der Waals surface area contributed by atoms with Crippen molar-refractivity contribution in [3.8, 4) is 0 Å². The molecule has 1 aromatic rings. The number of hydrogen-bond donors (Lipinski definition) is 0. The van der Waals surface area contributed by atoms with Gasteiger partial charge in [-0.3, -0.25) is 0 Å². The Hall–Kier alpha value is -2.02. The fraction of sp³-hybridized carbons (Fsp3) is 0.385. The summed E-state index contributed by atoms with van der Waals surface area (Å²) >= 11 is 0. The summed E-state index contributed by atoms with van der Waals surface area (Å²) in [5, 5.41) is 0. The second-order valence-corrected chi connectivity index (χ2v) is 3.67. The summed E-state index contributed by atoms with van der Waals surface area (Å²) in [7, 11) is 0. The van der Waals surface area contributed by atoms with Gasteiger partial charge in [0.2, 0.25) is 12.2 Å². The monoisotopic (exact) mass is 230 g/mol. The van der Waals surface area contributed by atoms with E-state index in [-0.39, 0.29) is 6.04 Å². The van der Waals surface area contributed by atoms with Crippen LogP contribution in [0.4, 0.5) is 5.69 Å². The Morgan fingerprint density at radius 1 is 1.18 bits per heavy atom. The molecule has 4 nitrogen and oxygen atoms in total. The number of benzene rings is 1. The van der Waals surface area contributed by atoms with Gasteiger partial charge in [-0.15, -0.1) is 0 Å². The molecule has 1 atom stereocenters. The lowest BCUT2D eigenvalue weighted by molar-refractivity contribution is 0.548. The number of isocyanates is 2. The fourth-order valence-electron chi connectivity index (χ4n) is 1.59. The number of unbranched alkanes of at least 4 members (excludes halogenated alkanes) is 1. The number of nitrogens with zero attached hydrogens (tertiary/aromatic N) is 2. The largest absolute Gasteiger partial charge is 0.240 e. The van der Waals surface area contributed by atoms with Crippen molar-refractivity contribution in [3.63, 3.8) is 0 Å². The van der Waals surface area contributed by atoms with E-state index in [0.717, 1.165) is 24.8 Å². The first-order chi connectivity index (χ1) is 8.31. The van der Waals surface area contributed by atoms with E-state index in [2.05, 4.69) is 16.9 Å². The summed E-state index contributed by atoms with van der Waals surface area (Å²) < 4.78 is 0. The highest BCUT2D eigenvalue weighted by Crippen LogP contribution is 2.25. The van der Waals surface area contributed by atoms with Gasteiger partial charge in [-0.1, -0.05) is 31.9 Å². The summed E-state index contributed by atoms with van der Waals surface area (Å²) in [5.74, 6) is 0. The number of rotatable bonds is 6. The molecule has 0 fully saturated rings. The van der Waals surface area contributed by atoms with Gasteiger partial charge in [0.15, 0.2) is 0 Å². The average Bonchev–Trinajstić information content (AvgIpc) is 2.36. The van der Waals surface area contributed by atoms with Crippen LogP contribution in [-0.4, -0.2) is 12.2 Å². The molecule has 1 aromatic carbocycles. The SMILES string of the molecule is CCCCC(N=C=O)c1ccc(N=C=O)cc1. The van der Waals surface area contributed by atoms with Gasteiger partial charge in [0.1, 0.15) is 0 Å². The molecule has 0 N–H and O–H groups in total. The van der Waals surface area contributed by atoms with Crippen molar-refractivity contribution in [2.24, 2.45) is 9.98 Å². The molecule has 0 radical (unpaired) electrons. The molecule has 0 saturated heterocycles. The van der Waals surface area contributed by atoms with Crippen LogP contribution < -0.4 is 0 Å². The highest BCUT2D eigenvalue weighted by atomic mass is 16.1. The maximum atomic E-state index is 10.4. The maximum Gasteiger partial charge on any atom is 0.240 e.